The van der Waals surface area contributed by atoms with Crippen molar-refractivity contribution in [1.29, 1.82) is 5.41 Å². The van der Waals surface area contributed by atoms with Gasteiger partial charge in [-0.25, -0.2) is 4.79 Å². The molecule has 96 valence electrons. The molecule has 0 bridgehead atoms. The number of hydrogen-bond acceptors (Lipinski definition) is 4. The molecule has 1 saturated carbocycles. The van der Waals surface area contributed by atoms with Crippen LogP contribution in [0.4, 0.5) is 5.82 Å². The van der Waals surface area contributed by atoms with Crippen molar-refractivity contribution in [1.82, 2.24) is 4.57 Å². The van der Waals surface area contributed by atoms with Crippen LogP contribution in [0.1, 0.15) is 47.6 Å². The molecule has 1 fully saturated rings. The average Bonchev–Trinajstić information content (AvgIpc) is 2.82. The van der Waals surface area contributed by atoms with Crippen LogP contribution in [0.3, 0.4) is 0 Å². The fourth-order valence-corrected chi connectivity index (χ4v) is 2.46. The van der Waals surface area contributed by atoms with Crippen molar-refractivity contribution in [2.24, 2.45) is 0 Å². The van der Waals surface area contributed by atoms with Crippen molar-refractivity contribution in [3.05, 3.63) is 27.5 Å². The van der Waals surface area contributed by atoms with Gasteiger partial charge in [0, 0.05) is 17.8 Å². The number of nitrogens with two attached hydrogens (primary N) is 1. The molecule has 18 heavy (non-hydrogen) atoms. The van der Waals surface area contributed by atoms with E-state index in [2.05, 4.69) is 0 Å². The normalized spacial score (nSPS) is 15.8. The van der Waals surface area contributed by atoms with Crippen LogP contribution < -0.4 is 11.3 Å². The summed E-state index contributed by atoms with van der Waals surface area (Å²) in [7, 11) is 0. The predicted octanol–water partition coefficient (Wildman–Crippen LogP) is 1.24. The molecule has 0 saturated heterocycles. The van der Waals surface area contributed by atoms with Crippen LogP contribution in [0.2, 0.25) is 0 Å². The third kappa shape index (κ3) is 1.90. The molecule has 1 heterocycles. The van der Waals surface area contributed by atoms with E-state index < -0.39 is 11.5 Å². The minimum Gasteiger partial charge on any atom is -0.477 e. The predicted molar refractivity (Wildman–Crippen MR) is 67.5 cm³/mol. The van der Waals surface area contributed by atoms with Gasteiger partial charge in [-0.2, -0.15) is 0 Å². The van der Waals surface area contributed by atoms with Gasteiger partial charge in [0.15, 0.2) is 0 Å². The summed E-state index contributed by atoms with van der Waals surface area (Å²) >= 11 is 0. The number of anilines is 1. The number of nitrogen functional groups attached to an aromatic ring is 1. The second-order valence-corrected chi connectivity index (χ2v) is 4.46. The van der Waals surface area contributed by atoms with E-state index in [9.17, 15) is 9.59 Å². The molecule has 4 N–H and O–H groups in total. The lowest BCUT2D eigenvalue weighted by atomic mass is 10.1. The van der Waals surface area contributed by atoms with Crippen LogP contribution in [0, 0.1) is 5.41 Å². The molecule has 1 aromatic rings. The van der Waals surface area contributed by atoms with Crippen LogP contribution in [0.15, 0.2) is 10.9 Å². The number of carboxylic acids is 1. The van der Waals surface area contributed by atoms with E-state index in [-0.39, 0.29) is 23.0 Å². The molecule has 6 heteroatoms. The third-order valence-corrected chi connectivity index (χ3v) is 3.38. The Balaban J connectivity index is 2.68. The molecule has 2 rings (SSSR count). The van der Waals surface area contributed by atoms with Gasteiger partial charge in [-0.3, -0.25) is 9.36 Å². The standard InChI is InChI=1S/C12H15N3O3/c13-6-7-5-9(12(17)18)11(16)15(10(7)14)8-3-1-2-4-8/h5-6,8,13H,1-4,14H2,(H,17,18). The van der Waals surface area contributed by atoms with Crippen LogP contribution in [-0.4, -0.2) is 21.9 Å². The minimum absolute atomic E-state index is 0.0458. The van der Waals surface area contributed by atoms with E-state index in [1.165, 1.54) is 10.6 Å². The number of aromatic carboxylic acids is 1. The fraction of sp³-hybridized carbons (Fsp3) is 0.417. The summed E-state index contributed by atoms with van der Waals surface area (Å²) in [5.74, 6) is -1.10. The van der Waals surface area contributed by atoms with Crippen LogP contribution in [0.5, 0.6) is 0 Å². The molecular weight excluding hydrogens is 234 g/mol. The Morgan fingerprint density at radius 3 is 2.61 bits per heavy atom. The second kappa shape index (κ2) is 4.64. The van der Waals surface area contributed by atoms with Gasteiger partial charge in [0.1, 0.15) is 11.4 Å². The van der Waals surface area contributed by atoms with Gasteiger partial charge in [-0.15, -0.1) is 0 Å². The molecule has 6 nitrogen and oxygen atoms in total. The van der Waals surface area contributed by atoms with Gasteiger partial charge in [-0.05, 0) is 18.9 Å². The monoisotopic (exact) mass is 249 g/mol. The molecule has 0 unspecified atom stereocenters. The quantitative estimate of drug-likeness (QED) is 0.700. The van der Waals surface area contributed by atoms with Gasteiger partial charge < -0.3 is 16.2 Å². The van der Waals surface area contributed by atoms with Gasteiger partial charge in [-0.1, -0.05) is 12.8 Å². The second-order valence-electron chi connectivity index (χ2n) is 4.46. The summed E-state index contributed by atoms with van der Waals surface area (Å²) in [5.41, 5.74) is 5.24. The topological polar surface area (TPSA) is 109 Å². The number of hydrogen-bond donors (Lipinski definition) is 3. The van der Waals surface area contributed by atoms with Crippen molar-refractivity contribution in [3.63, 3.8) is 0 Å². The Hall–Kier alpha value is -2.11. The third-order valence-electron chi connectivity index (χ3n) is 3.38. The summed E-state index contributed by atoms with van der Waals surface area (Å²) in [6.45, 7) is 0. The molecule has 1 aliphatic carbocycles. The Kier molecular flexibility index (Phi) is 3.18. The number of nitrogens with one attached hydrogen (secondary N) is 1. The molecule has 0 amide bonds. The van der Waals surface area contributed by atoms with E-state index in [0.717, 1.165) is 31.9 Å². The van der Waals surface area contributed by atoms with Crippen molar-refractivity contribution in [3.8, 4) is 0 Å². The maximum absolute atomic E-state index is 12.1. The smallest absolute Gasteiger partial charge is 0.341 e. The summed E-state index contributed by atoms with van der Waals surface area (Å²) in [4.78, 5) is 23.2. The number of carboxylic acid groups (broad SMARTS) is 1. The number of aromatic nitrogens is 1. The van der Waals surface area contributed by atoms with Gasteiger partial charge in [0.25, 0.3) is 5.56 Å². The average molecular weight is 249 g/mol. The van der Waals surface area contributed by atoms with Crippen LogP contribution in [0.25, 0.3) is 0 Å². The number of pyridine rings is 1. The number of rotatable bonds is 3. The fourth-order valence-electron chi connectivity index (χ4n) is 2.46. The molecule has 0 aromatic carbocycles. The summed E-state index contributed by atoms with van der Waals surface area (Å²) < 4.78 is 1.34. The van der Waals surface area contributed by atoms with E-state index in [4.69, 9.17) is 16.2 Å². The van der Waals surface area contributed by atoms with Crippen molar-refractivity contribution in [2.75, 3.05) is 5.73 Å². The Labute approximate surface area is 104 Å². The highest BCUT2D eigenvalue weighted by Crippen LogP contribution is 2.30. The first-order valence-electron chi connectivity index (χ1n) is 5.85. The zero-order valence-electron chi connectivity index (χ0n) is 9.85. The Morgan fingerprint density at radius 2 is 2.11 bits per heavy atom. The highest BCUT2D eigenvalue weighted by atomic mass is 16.4. The zero-order valence-corrected chi connectivity index (χ0v) is 9.85. The van der Waals surface area contributed by atoms with Gasteiger partial charge >= 0.3 is 5.97 Å². The lowest BCUT2D eigenvalue weighted by Gasteiger charge is -2.18. The van der Waals surface area contributed by atoms with Crippen LogP contribution >= 0.6 is 0 Å². The highest BCUT2D eigenvalue weighted by molar-refractivity contribution is 5.92. The lowest BCUT2D eigenvalue weighted by molar-refractivity contribution is 0.0694. The largest absolute Gasteiger partial charge is 0.477 e. The first kappa shape index (κ1) is 12.3. The Bertz CT molecular complexity index is 556. The summed E-state index contributed by atoms with van der Waals surface area (Å²) in [6.07, 6.45) is 4.64. The number of carbonyl (C=O) groups is 1. The van der Waals surface area contributed by atoms with Crippen LogP contribution in [-0.2, 0) is 0 Å². The molecule has 1 aliphatic rings. The first-order chi connectivity index (χ1) is 8.56. The molecule has 0 spiro atoms. The molecular formula is C12H15N3O3. The van der Waals surface area contributed by atoms with E-state index in [1.54, 1.807) is 0 Å². The van der Waals surface area contributed by atoms with E-state index in [0.29, 0.717) is 0 Å². The maximum atomic E-state index is 12.1. The van der Waals surface area contributed by atoms with Crippen molar-refractivity contribution in [2.45, 2.75) is 31.7 Å². The minimum atomic E-state index is -1.28. The molecule has 0 radical (unpaired) electrons. The number of nitrogens with zero attached hydrogens (tertiary/aromatic N) is 1. The molecule has 0 aliphatic heterocycles. The molecule has 1 aromatic heterocycles. The summed E-state index contributed by atoms with van der Waals surface area (Å²) in [6, 6.07) is 1.12. The van der Waals surface area contributed by atoms with E-state index >= 15 is 0 Å². The molecule has 0 atom stereocenters. The van der Waals surface area contributed by atoms with Gasteiger partial charge in [0.05, 0.1) is 0 Å². The van der Waals surface area contributed by atoms with Gasteiger partial charge in [0.2, 0.25) is 0 Å². The maximum Gasteiger partial charge on any atom is 0.341 e. The van der Waals surface area contributed by atoms with E-state index in [1.807, 2.05) is 0 Å². The SMILES string of the molecule is N=Cc1cc(C(=O)O)c(=O)n(C2CCCC2)c1N. The lowest BCUT2D eigenvalue weighted by Crippen LogP contribution is -2.31. The first-order valence-corrected chi connectivity index (χ1v) is 5.85. The zero-order chi connectivity index (χ0) is 13.3. The highest BCUT2D eigenvalue weighted by Gasteiger charge is 2.24. The summed E-state index contributed by atoms with van der Waals surface area (Å²) in [5, 5.41) is 16.3. The van der Waals surface area contributed by atoms with Crippen molar-refractivity contribution >= 4 is 18.0 Å². The van der Waals surface area contributed by atoms with Crippen molar-refractivity contribution < 1.29 is 9.90 Å². The Morgan fingerprint density at radius 1 is 1.50 bits per heavy atom.